The summed E-state index contributed by atoms with van der Waals surface area (Å²) in [5.74, 6) is -1.01. The van der Waals surface area contributed by atoms with Crippen LogP contribution < -0.4 is 10.2 Å². The van der Waals surface area contributed by atoms with E-state index in [1.54, 1.807) is 36.4 Å². The molecule has 1 unspecified atom stereocenters. The van der Waals surface area contributed by atoms with Gasteiger partial charge in [-0.25, -0.2) is 8.42 Å². The van der Waals surface area contributed by atoms with E-state index in [9.17, 15) is 18.0 Å². The summed E-state index contributed by atoms with van der Waals surface area (Å²) in [6.07, 6.45) is 1.19. The lowest BCUT2D eigenvalue weighted by atomic mass is 10.1. The topological polar surface area (TPSA) is 83.5 Å². The Bertz CT molecular complexity index is 975. The van der Waals surface area contributed by atoms with E-state index in [2.05, 4.69) is 5.32 Å². The van der Waals surface area contributed by atoms with Gasteiger partial charge in [0.2, 0.25) is 11.8 Å². The van der Waals surface area contributed by atoms with Crippen LogP contribution in [0.15, 0.2) is 53.4 Å². The van der Waals surface area contributed by atoms with Crippen molar-refractivity contribution in [1.82, 2.24) is 0 Å². The van der Waals surface area contributed by atoms with Crippen molar-refractivity contribution in [1.29, 1.82) is 0 Å². The standard InChI is InChI=1S/C18H17ClN2O4S/c1-26(24,25)16-7-3-5-14(10-16)20-18(23)12-8-17(22)21(11-12)15-6-2-4-13(19)9-15/h2-7,9-10,12H,8,11H2,1H3,(H,20,23). The molecule has 1 atom stereocenters. The van der Waals surface area contributed by atoms with Gasteiger partial charge in [-0.15, -0.1) is 0 Å². The first kappa shape index (κ1) is 18.4. The SMILES string of the molecule is CS(=O)(=O)c1cccc(NC(=O)C2CC(=O)N(c3cccc(Cl)c3)C2)c1. The highest BCUT2D eigenvalue weighted by Gasteiger charge is 2.35. The van der Waals surface area contributed by atoms with Gasteiger partial charge in [0.25, 0.3) is 0 Å². The molecule has 0 bridgehead atoms. The Morgan fingerprint density at radius 2 is 1.92 bits per heavy atom. The van der Waals surface area contributed by atoms with Crippen LogP contribution in [0.5, 0.6) is 0 Å². The molecular formula is C18H17ClN2O4S. The summed E-state index contributed by atoms with van der Waals surface area (Å²) in [6.45, 7) is 0.247. The molecule has 2 aromatic carbocycles. The monoisotopic (exact) mass is 392 g/mol. The largest absolute Gasteiger partial charge is 0.326 e. The average Bonchev–Trinajstić information content (AvgIpc) is 2.96. The molecule has 2 amide bonds. The summed E-state index contributed by atoms with van der Waals surface area (Å²) in [5.41, 5.74) is 1.03. The number of sulfone groups is 1. The van der Waals surface area contributed by atoms with Crippen LogP contribution in [0.25, 0.3) is 0 Å². The van der Waals surface area contributed by atoms with Gasteiger partial charge in [-0.05, 0) is 36.4 Å². The molecule has 6 nitrogen and oxygen atoms in total. The van der Waals surface area contributed by atoms with Crippen molar-refractivity contribution in [2.45, 2.75) is 11.3 Å². The Morgan fingerprint density at radius 3 is 2.62 bits per heavy atom. The highest BCUT2D eigenvalue weighted by molar-refractivity contribution is 7.90. The number of anilines is 2. The summed E-state index contributed by atoms with van der Waals surface area (Å²) in [6, 6.07) is 12.9. The predicted molar refractivity (Wildman–Crippen MR) is 100 cm³/mol. The van der Waals surface area contributed by atoms with Gasteiger partial charge in [0.05, 0.1) is 10.8 Å². The van der Waals surface area contributed by atoms with Crippen LogP contribution in [0.2, 0.25) is 5.02 Å². The number of rotatable bonds is 4. The number of carbonyl (C=O) groups is 2. The van der Waals surface area contributed by atoms with Crippen molar-refractivity contribution in [2.75, 3.05) is 23.0 Å². The Labute approximate surface area is 156 Å². The first-order valence-electron chi connectivity index (χ1n) is 7.91. The second kappa shape index (κ2) is 7.09. The van der Waals surface area contributed by atoms with Crippen LogP contribution in [0.4, 0.5) is 11.4 Å². The third-order valence-corrected chi connectivity index (χ3v) is 5.49. The fraction of sp³-hybridized carbons (Fsp3) is 0.222. The lowest BCUT2D eigenvalue weighted by Crippen LogP contribution is -2.28. The predicted octanol–water partition coefficient (Wildman–Crippen LogP) is 2.74. The van der Waals surface area contributed by atoms with Crippen molar-refractivity contribution < 1.29 is 18.0 Å². The number of amides is 2. The van der Waals surface area contributed by atoms with E-state index in [1.807, 2.05) is 0 Å². The number of nitrogens with one attached hydrogen (secondary N) is 1. The maximum absolute atomic E-state index is 12.5. The van der Waals surface area contributed by atoms with Crippen molar-refractivity contribution in [2.24, 2.45) is 5.92 Å². The minimum atomic E-state index is -3.36. The lowest BCUT2D eigenvalue weighted by Gasteiger charge is -2.17. The number of hydrogen-bond donors (Lipinski definition) is 1. The molecule has 1 saturated heterocycles. The Morgan fingerprint density at radius 1 is 1.19 bits per heavy atom. The van der Waals surface area contributed by atoms with Gasteiger partial charge in [-0.1, -0.05) is 23.7 Å². The minimum Gasteiger partial charge on any atom is -0.326 e. The van der Waals surface area contributed by atoms with Gasteiger partial charge < -0.3 is 10.2 Å². The summed E-state index contributed by atoms with van der Waals surface area (Å²) in [5, 5.41) is 3.21. The van der Waals surface area contributed by atoms with Crippen molar-refractivity contribution in [3.05, 3.63) is 53.6 Å². The molecule has 0 radical (unpaired) electrons. The second-order valence-electron chi connectivity index (χ2n) is 6.17. The van der Waals surface area contributed by atoms with Gasteiger partial charge in [0.15, 0.2) is 9.84 Å². The fourth-order valence-electron chi connectivity index (χ4n) is 2.83. The highest BCUT2D eigenvalue weighted by Crippen LogP contribution is 2.28. The molecule has 1 aliphatic heterocycles. The van der Waals surface area contributed by atoms with E-state index in [0.29, 0.717) is 16.4 Å². The van der Waals surface area contributed by atoms with E-state index in [-0.39, 0.29) is 29.7 Å². The molecule has 26 heavy (non-hydrogen) atoms. The van der Waals surface area contributed by atoms with Crippen molar-refractivity contribution in [3.8, 4) is 0 Å². The van der Waals surface area contributed by atoms with Crippen LogP contribution in [-0.2, 0) is 19.4 Å². The van der Waals surface area contributed by atoms with Crippen LogP contribution in [0, 0.1) is 5.92 Å². The van der Waals surface area contributed by atoms with Gasteiger partial charge in [0, 0.05) is 35.6 Å². The summed E-state index contributed by atoms with van der Waals surface area (Å²) in [7, 11) is -3.36. The van der Waals surface area contributed by atoms with Gasteiger partial charge in [0.1, 0.15) is 0 Å². The quantitative estimate of drug-likeness (QED) is 0.867. The van der Waals surface area contributed by atoms with Crippen LogP contribution in [0.1, 0.15) is 6.42 Å². The van der Waals surface area contributed by atoms with Gasteiger partial charge in [-0.3, -0.25) is 9.59 Å². The van der Waals surface area contributed by atoms with Crippen LogP contribution in [-0.4, -0.2) is 33.0 Å². The zero-order valence-electron chi connectivity index (χ0n) is 14.0. The molecular weight excluding hydrogens is 376 g/mol. The number of halogens is 1. The van der Waals surface area contributed by atoms with E-state index < -0.39 is 15.8 Å². The Hall–Kier alpha value is -2.38. The van der Waals surface area contributed by atoms with Crippen molar-refractivity contribution >= 4 is 44.6 Å². The fourth-order valence-corrected chi connectivity index (χ4v) is 3.68. The zero-order valence-corrected chi connectivity index (χ0v) is 15.5. The molecule has 0 saturated carbocycles. The maximum Gasteiger partial charge on any atom is 0.229 e. The molecule has 8 heteroatoms. The van der Waals surface area contributed by atoms with Gasteiger partial charge >= 0.3 is 0 Å². The molecule has 0 spiro atoms. The number of carbonyl (C=O) groups excluding carboxylic acids is 2. The second-order valence-corrected chi connectivity index (χ2v) is 8.63. The molecule has 136 valence electrons. The third-order valence-electron chi connectivity index (χ3n) is 4.15. The molecule has 3 rings (SSSR count). The number of benzene rings is 2. The highest BCUT2D eigenvalue weighted by atomic mass is 35.5. The van der Waals surface area contributed by atoms with Crippen LogP contribution in [0.3, 0.4) is 0 Å². The Kier molecular flexibility index (Phi) is 5.02. The number of nitrogens with zero attached hydrogens (tertiary/aromatic N) is 1. The molecule has 0 aliphatic carbocycles. The smallest absolute Gasteiger partial charge is 0.229 e. The lowest BCUT2D eigenvalue weighted by molar-refractivity contribution is -0.122. The summed E-state index contributed by atoms with van der Waals surface area (Å²) < 4.78 is 23.2. The summed E-state index contributed by atoms with van der Waals surface area (Å²) >= 11 is 5.96. The third kappa shape index (κ3) is 4.05. The average molecular weight is 393 g/mol. The maximum atomic E-state index is 12.5. The molecule has 1 aliphatic rings. The first-order chi connectivity index (χ1) is 12.2. The zero-order chi connectivity index (χ0) is 18.9. The normalized spacial score (nSPS) is 17.4. The molecule has 1 heterocycles. The van der Waals surface area contributed by atoms with Crippen LogP contribution >= 0.6 is 11.6 Å². The summed E-state index contributed by atoms with van der Waals surface area (Å²) in [4.78, 5) is 26.4. The molecule has 2 aromatic rings. The Balaban J connectivity index is 1.73. The van der Waals surface area contributed by atoms with E-state index in [0.717, 1.165) is 6.26 Å². The minimum absolute atomic E-state index is 0.0874. The molecule has 0 aromatic heterocycles. The van der Waals surface area contributed by atoms with E-state index in [4.69, 9.17) is 11.6 Å². The van der Waals surface area contributed by atoms with E-state index in [1.165, 1.54) is 17.0 Å². The first-order valence-corrected chi connectivity index (χ1v) is 10.2. The molecule has 1 N–H and O–H groups in total. The number of hydrogen-bond acceptors (Lipinski definition) is 4. The van der Waals surface area contributed by atoms with E-state index >= 15 is 0 Å². The van der Waals surface area contributed by atoms with Crippen molar-refractivity contribution in [3.63, 3.8) is 0 Å². The van der Waals surface area contributed by atoms with Gasteiger partial charge in [-0.2, -0.15) is 0 Å². The molecule has 1 fully saturated rings.